The van der Waals surface area contributed by atoms with Gasteiger partial charge in [-0.25, -0.2) is 4.79 Å². The first-order valence-corrected chi connectivity index (χ1v) is 8.42. The molecule has 0 spiro atoms. The minimum absolute atomic E-state index is 0.0270. The Labute approximate surface area is 157 Å². The van der Waals surface area contributed by atoms with E-state index in [1.165, 1.54) is 12.1 Å². The van der Waals surface area contributed by atoms with Gasteiger partial charge in [0.05, 0.1) is 18.4 Å². The normalized spacial score (nSPS) is 10.3. The molecule has 0 saturated carbocycles. The molecule has 0 heterocycles. The number of benzene rings is 2. The number of nitrogens with zero attached hydrogens (tertiary/aromatic N) is 1. The van der Waals surface area contributed by atoms with Gasteiger partial charge in [-0.2, -0.15) is 0 Å². The number of methoxy groups -OCH3 is 1. The first-order chi connectivity index (χ1) is 12.4. The van der Waals surface area contributed by atoms with E-state index in [-0.39, 0.29) is 11.5 Å². The molecule has 2 rings (SSSR count). The molecule has 138 valence electrons. The molecule has 0 aromatic heterocycles. The van der Waals surface area contributed by atoms with Crippen molar-refractivity contribution in [2.24, 2.45) is 0 Å². The number of carboxylic acid groups (broad SMARTS) is 1. The van der Waals surface area contributed by atoms with Crippen LogP contribution in [0.5, 0.6) is 5.75 Å². The first-order valence-electron chi connectivity index (χ1n) is 8.04. The lowest BCUT2D eigenvalue weighted by atomic mass is 10.1. The Hall–Kier alpha value is -2.73. The van der Waals surface area contributed by atoms with Gasteiger partial charge in [0, 0.05) is 31.6 Å². The summed E-state index contributed by atoms with van der Waals surface area (Å²) >= 11 is 5.98. The maximum Gasteiger partial charge on any atom is 0.335 e. The van der Waals surface area contributed by atoms with E-state index < -0.39 is 5.97 Å². The van der Waals surface area contributed by atoms with Crippen LogP contribution in [0.25, 0.3) is 0 Å². The summed E-state index contributed by atoms with van der Waals surface area (Å²) in [6, 6.07) is 11.7. The van der Waals surface area contributed by atoms with E-state index in [9.17, 15) is 9.59 Å². The number of nitrogens with one attached hydrogen (secondary N) is 1. The lowest BCUT2D eigenvalue weighted by molar-refractivity contribution is -0.130. The molecule has 1 amide bonds. The highest BCUT2D eigenvalue weighted by Crippen LogP contribution is 2.27. The standard InChI is InChI=1S/C19H21ClN2O4/c1-22(12-13-3-5-14(6-4-13)19(24)25)18(23)9-10-21-16-11-15(20)7-8-17(16)26-2/h3-8,11,21H,9-10,12H2,1-2H3,(H,24,25). The van der Waals surface area contributed by atoms with Crippen molar-refractivity contribution in [1.29, 1.82) is 0 Å². The summed E-state index contributed by atoms with van der Waals surface area (Å²) in [5.41, 5.74) is 1.83. The van der Waals surface area contributed by atoms with Gasteiger partial charge >= 0.3 is 5.97 Å². The van der Waals surface area contributed by atoms with Crippen LogP contribution in [0.2, 0.25) is 5.02 Å². The molecule has 0 unspecified atom stereocenters. The second kappa shape index (κ2) is 9.10. The van der Waals surface area contributed by atoms with Gasteiger partial charge in [0.25, 0.3) is 0 Å². The molecule has 2 aromatic carbocycles. The van der Waals surface area contributed by atoms with E-state index >= 15 is 0 Å². The van der Waals surface area contributed by atoms with E-state index in [0.29, 0.717) is 30.3 Å². The third-order valence-electron chi connectivity index (χ3n) is 3.86. The summed E-state index contributed by atoms with van der Waals surface area (Å²) in [7, 11) is 3.29. The number of carboxylic acids is 1. The summed E-state index contributed by atoms with van der Waals surface area (Å²) in [4.78, 5) is 24.7. The number of rotatable bonds is 8. The van der Waals surface area contributed by atoms with Gasteiger partial charge in [-0.3, -0.25) is 4.79 Å². The average Bonchev–Trinajstić information content (AvgIpc) is 2.62. The molecule has 0 saturated heterocycles. The summed E-state index contributed by atoms with van der Waals surface area (Å²) < 4.78 is 5.25. The topological polar surface area (TPSA) is 78.9 Å². The molecule has 0 aliphatic carbocycles. The maximum atomic E-state index is 12.3. The molecule has 0 radical (unpaired) electrons. The van der Waals surface area contributed by atoms with Crippen molar-refractivity contribution in [2.45, 2.75) is 13.0 Å². The fourth-order valence-electron chi connectivity index (χ4n) is 2.43. The van der Waals surface area contributed by atoms with Crippen molar-refractivity contribution < 1.29 is 19.4 Å². The molecule has 26 heavy (non-hydrogen) atoms. The fourth-order valence-corrected chi connectivity index (χ4v) is 2.60. The molecule has 0 bridgehead atoms. The van der Waals surface area contributed by atoms with Gasteiger partial charge < -0.3 is 20.1 Å². The first kappa shape index (κ1) is 19.6. The number of amides is 1. The number of carbonyl (C=O) groups excluding carboxylic acids is 1. The molecule has 2 N–H and O–H groups in total. The molecular formula is C19H21ClN2O4. The zero-order chi connectivity index (χ0) is 19.1. The number of halogens is 1. The van der Waals surface area contributed by atoms with Crippen LogP contribution >= 0.6 is 11.6 Å². The Balaban J connectivity index is 1.85. The number of hydrogen-bond donors (Lipinski definition) is 2. The predicted molar refractivity (Wildman–Crippen MR) is 101 cm³/mol. The second-order valence-electron chi connectivity index (χ2n) is 5.77. The van der Waals surface area contributed by atoms with Gasteiger partial charge in [0.1, 0.15) is 5.75 Å². The quantitative estimate of drug-likeness (QED) is 0.737. The monoisotopic (exact) mass is 376 g/mol. The predicted octanol–water partition coefficient (Wildman–Crippen LogP) is 3.51. The SMILES string of the molecule is COc1ccc(Cl)cc1NCCC(=O)N(C)Cc1ccc(C(=O)O)cc1. The number of anilines is 1. The van der Waals surface area contributed by atoms with Gasteiger partial charge in [0.2, 0.25) is 5.91 Å². The summed E-state index contributed by atoms with van der Waals surface area (Å²) in [6.07, 6.45) is 0.305. The van der Waals surface area contributed by atoms with E-state index in [0.717, 1.165) is 11.3 Å². The Kier molecular flexibility index (Phi) is 6.86. The summed E-state index contributed by atoms with van der Waals surface area (Å²) in [5.74, 6) is -0.335. The Morgan fingerprint density at radius 3 is 2.50 bits per heavy atom. The maximum absolute atomic E-state index is 12.3. The summed E-state index contributed by atoms with van der Waals surface area (Å²) in [5, 5.41) is 12.6. The van der Waals surface area contributed by atoms with Crippen LogP contribution in [0.15, 0.2) is 42.5 Å². The Bertz CT molecular complexity index is 778. The van der Waals surface area contributed by atoms with Crippen molar-refractivity contribution in [3.63, 3.8) is 0 Å². The van der Waals surface area contributed by atoms with Crippen molar-refractivity contribution in [3.05, 3.63) is 58.6 Å². The Morgan fingerprint density at radius 2 is 1.88 bits per heavy atom. The molecule has 2 aromatic rings. The zero-order valence-electron chi connectivity index (χ0n) is 14.7. The molecule has 0 aliphatic rings. The molecular weight excluding hydrogens is 356 g/mol. The number of hydrogen-bond acceptors (Lipinski definition) is 4. The van der Waals surface area contributed by atoms with Crippen LogP contribution in [0.4, 0.5) is 5.69 Å². The molecule has 0 aliphatic heterocycles. The third-order valence-corrected chi connectivity index (χ3v) is 4.10. The number of ether oxygens (including phenoxy) is 1. The highest BCUT2D eigenvalue weighted by molar-refractivity contribution is 6.30. The van der Waals surface area contributed by atoms with Gasteiger partial charge in [-0.1, -0.05) is 23.7 Å². The highest BCUT2D eigenvalue weighted by Gasteiger charge is 2.11. The van der Waals surface area contributed by atoms with Crippen molar-refractivity contribution in [2.75, 3.05) is 26.0 Å². The van der Waals surface area contributed by atoms with Gasteiger partial charge in [0.15, 0.2) is 0 Å². The van der Waals surface area contributed by atoms with Gasteiger partial charge in [-0.05, 0) is 35.9 Å². The van der Waals surface area contributed by atoms with E-state index in [4.69, 9.17) is 21.4 Å². The van der Waals surface area contributed by atoms with E-state index in [1.54, 1.807) is 49.4 Å². The van der Waals surface area contributed by atoms with Crippen LogP contribution in [0, 0.1) is 0 Å². The highest BCUT2D eigenvalue weighted by atomic mass is 35.5. The number of aromatic carboxylic acids is 1. The summed E-state index contributed by atoms with van der Waals surface area (Å²) in [6.45, 7) is 0.858. The second-order valence-corrected chi connectivity index (χ2v) is 6.21. The van der Waals surface area contributed by atoms with Crippen LogP contribution in [0.3, 0.4) is 0 Å². The van der Waals surface area contributed by atoms with Crippen molar-refractivity contribution in [3.8, 4) is 5.75 Å². The third kappa shape index (κ3) is 5.39. The zero-order valence-corrected chi connectivity index (χ0v) is 15.4. The lowest BCUT2D eigenvalue weighted by Gasteiger charge is -2.18. The minimum atomic E-state index is -0.969. The lowest BCUT2D eigenvalue weighted by Crippen LogP contribution is -2.27. The fraction of sp³-hybridized carbons (Fsp3) is 0.263. The minimum Gasteiger partial charge on any atom is -0.495 e. The van der Waals surface area contributed by atoms with Crippen LogP contribution < -0.4 is 10.1 Å². The Morgan fingerprint density at radius 1 is 1.19 bits per heavy atom. The van der Waals surface area contributed by atoms with E-state index in [2.05, 4.69) is 5.32 Å². The van der Waals surface area contributed by atoms with Crippen LogP contribution in [-0.2, 0) is 11.3 Å². The smallest absolute Gasteiger partial charge is 0.335 e. The number of carbonyl (C=O) groups is 2. The average molecular weight is 377 g/mol. The largest absolute Gasteiger partial charge is 0.495 e. The van der Waals surface area contributed by atoms with Crippen LogP contribution in [-0.4, -0.2) is 42.6 Å². The van der Waals surface area contributed by atoms with Gasteiger partial charge in [-0.15, -0.1) is 0 Å². The van der Waals surface area contributed by atoms with E-state index in [1.807, 2.05) is 0 Å². The van der Waals surface area contributed by atoms with Crippen molar-refractivity contribution in [1.82, 2.24) is 4.90 Å². The molecule has 7 heteroatoms. The van der Waals surface area contributed by atoms with Crippen molar-refractivity contribution >= 4 is 29.2 Å². The van der Waals surface area contributed by atoms with Crippen LogP contribution in [0.1, 0.15) is 22.3 Å². The molecule has 0 atom stereocenters. The molecule has 0 fully saturated rings. The molecule has 6 nitrogen and oxygen atoms in total.